The number of benzene rings is 2. The Kier molecular flexibility index (Phi) is 8.68. The number of ether oxygens (including phenoxy) is 2. The van der Waals surface area contributed by atoms with Crippen LogP contribution in [0.5, 0.6) is 0 Å². The minimum absolute atomic E-state index is 0.302. The highest BCUT2D eigenvalue weighted by Crippen LogP contribution is 2.43. The van der Waals surface area contributed by atoms with E-state index in [1.165, 1.54) is 0 Å². The zero-order valence-electron chi connectivity index (χ0n) is 12.8. The summed E-state index contributed by atoms with van der Waals surface area (Å²) in [6.07, 6.45) is 0. The van der Waals surface area contributed by atoms with Crippen molar-refractivity contribution in [3.8, 4) is 0 Å². The largest absolute Gasteiger partial charge is 0.339 e. The van der Waals surface area contributed by atoms with Gasteiger partial charge in [-0.15, -0.1) is 0 Å². The number of hydrogen-bond acceptors (Lipinski definition) is 2. The molecule has 8 heteroatoms. The van der Waals surface area contributed by atoms with E-state index in [9.17, 15) is 0 Å². The lowest BCUT2D eigenvalue weighted by Crippen LogP contribution is -2.39. The van der Waals surface area contributed by atoms with Crippen molar-refractivity contribution in [3.63, 3.8) is 0 Å². The minimum Gasteiger partial charge on any atom is -0.339 e. The molecule has 2 aromatic rings. The summed E-state index contributed by atoms with van der Waals surface area (Å²) in [4.78, 5) is 0. The number of halogens is 6. The molecule has 0 aliphatic rings. The third-order valence-electron chi connectivity index (χ3n) is 3.19. The van der Waals surface area contributed by atoms with E-state index in [4.69, 9.17) is 9.47 Å². The van der Waals surface area contributed by atoms with Crippen LogP contribution in [0.1, 0.15) is 11.1 Å². The molecule has 0 N–H and O–H groups in total. The van der Waals surface area contributed by atoms with Crippen LogP contribution in [0.25, 0.3) is 0 Å². The SMILES string of the molecule is BrC(Br)(Br)COC(OCC(Br)(Br)Br)(c1ccccc1)c1ccccc1. The maximum Gasteiger partial charge on any atom is 0.222 e. The van der Waals surface area contributed by atoms with Crippen LogP contribution in [0.4, 0.5) is 0 Å². The Bertz CT molecular complexity index is 593. The first-order chi connectivity index (χ1) is 11.6. The van der Waals surface area contributed by atoms with E-state index in [0.29, 0.717) is 13.2 Å². The highest BCUT2D eigenvalue weighted by Gasteiger charge is 2.40. The van der Waals surface area contributed by atoms with E-state index in [2.05, 4.69) is 95.6 Å². The quantitative estimate of drug-likeness (QED) is 0.226. The predicted molar refractivity (Wildman–Crippen MR) is 125 cm³/mol. The molecule has 0 saturated heterocycles. The van der Waals surface area contributed by atoms with Crippen molar-refractivity contribution in [1.82, 2.24) is 0 Å². The molecule has 0 aliphatic heterocycles. The maximum absolute atomic E-state index is 6.34. The third kappa shape index (κ3) is 7.29. The minimum atomic E-state index is -1.08. The molecular weight excluding hydrogens is 716 g/mol. The third-order valence-corrected chi connectivity index (χ3v) is 4.56. The Morgan fingerprint density at radius 3 is 1.16 bits per heavy atom. The molecule has 0 aliphatic carbocycles. The molecule has 0 aromatic heterocycles. The molecule has 0 radical (unpaired) electrons. The molecule has 136 valence electrons. The highest BCUT2D eigenvalue weighted by atomic mass is 80.0. The summed E-state index contributed by atoms with van der Waals surface area (Å²) in [5, 5.41) is 0. The second kappa shape index (κ2) is 9.63. The number of hydrogen-bond donors (Lipinski definition) is 0. The second-order valence-electron chi connectivity index (χ2n) is 5.16. The average Bonchev–Trinajstić information content (AvgIpc) is 2.55. The molecule has 0 amide bonds. The molecule has 0 unspecified atom stereocenters. The van der Waals surface area contributed by atoms with E-state index in [0.717, 1.165) is 11.1 Å². The monoisotopic (exact) mass is 724 g/mol. The van der Waals surface area contributed by atoms with Gasteiger partial charge in [0.15, 0.2) is 4.29 Å². The van der Waals surface area contributed by atoms with Gasteiger partial charge in [-0.25, -0.2) is 0 Å². The van der Waals surface area contributed by atoms with Gasteiger partial charge < -0.3 is 9.47 Å². The molecule has 2 aromatic carbocycles. The zero-order chi connectivity index (χ0) is 18.6. The smallest absolute Gasteiger partial charge is 0.222 e. The predicted octanol–water partition coefficient (Wildman–Crippen LogP) is 7.60. The molecule has 0 spiro atoms. The van der Waals surface area contributed by atoms with Crippen molar-refractivity contribution in [3.05, 3.63) is 71.8 Å². The highest BCUT2D eigenvalue weighted by molar-refractivity contribution is 9.39. The van der Waals surface area contributed by atoms with Crippen LogP contribution >= 0.6 is 95.6 Å². The fourth-order valence-corrected chi connectivity index (χ4v) is 2.91. The van der Waals surface area contributed by atoms with Gasteiger partial charge >= 0.3 is 0 Å². The van der Waals surface area contributed by atoms with E-state index < -0.39 is 10.1 Å². The average molecular weight is 730 g/mol. The van der Waals surface area contributed by atoms with Gasteiger partial charge in [-0.3, -0.25) is 0 Å². The second-order valence-corrected chi connectivity index (χ2v) is 19.7. The molecule has 0 heterocycles. The van der Waals surface area contributed by atoms with Crippen LogP contribution in [0.15, 0.2) is 60.7 Å². The van der Waals surface area contributed by atoms with Crippen LogP contribution in [0, 0.1) is 0 Å². The summed E-state index contributed by atoms with van der Waals surface area (Å²) >= 11 is 21.0. The topological polar surface area (TPSA) is 18.5 Å². The first-order valence-corrected chi connectivity index (χ1v) is 11.9. The van der Waals surface area contributed by atoms with Gasteiger partial charge in [-0.2, -0.15) is 0 Å². The summed E-state index contributed by atoms with van der Waals surface area (Å²) in [5.41, 5.74) is 1.80. The van der Waals surface area contributed by atoms with Crippen LogP contribution in [0.3, 0.4) is 0 Å². The molecule has 2 rings (SSSR count). The maximum atomic E-state index is 6.34. The van der Waals surface area contributed by atoms with Crippen molar-refractivity contribution in [1.29, 1.82) is 0 Å². The molecule has 0 saturated carbocycles. The van der Waals surface area contributed by atoms with E-state index in [1.807, 2.05) is 60.7 Å². The van der Waals surface area contributed by atoms with Gasteiger partial charge in [0.2, 0.25) is 5.79 Å². The van der Waals surface area contributed by atoms with Gasteiger partial charge in [0, 0.05) is 11.1 Å². The van der Waals surface area contributed by atoms with Gasteiger partial charge in [-0.1, -0.05) is 156 Å². The lowest BCUT2D eigenvalue weighted by Gasteiger charge is -2.37. The molecule has 25 heavy (non-hydrogen) atoms. The first kappa shape index (κ1) is 22.5. The molecule has 2 nitrogen and oxygen atoms in total. The summed E-state index contributed by atoms with van der Waals surface area (Å²) in [6, 6.07) is 19.8. The fourth-order valence-electron chi connectivity index (χ4n) is 2.22. The molecular formula is C17H14Br6O2. The standard InChI is InChI=1S/C17H14Br6O2/c18-15(19,20)11-24-17(25-12-16(21,22)23,13-7-3-1-4-8-13)14-9-5-2-6-10-14/h1-10H,11-12H2. The van der Waals surface area contributed by atoms with Crippen LogP contribution in [-0.4, -0.2) is 17.5 Å². The van der Waals surface area contributed by atoms with E-state index in [1.54, 1.807) is 0 Å². The zero-order valence-corrected chi connectivity index (χ0v) is 22.3. The molecule has 0 bridgehead atoms. The van der Waals surface area contributed by atoms with Crippen molar-refractivity contribution in [2.24, 2.45) is 0 Å². The number of alkyl halides is 6. The molecule has 0 atom stereocenters. The van der Waals surface area contributed by atoms with Gasteiger partial charge in [0.05, 0.1) is 13.2 Å². The van der Waals surface area contributed by atoms with Crippen LogP contribution in [-0.2, 0) is 15.3 Å². The first-order valence-electron chi connectivity index (χ1n) is 7.15. The van der Waals surface area contributed by atoms with Crippen LogP contribution in [0.2, 0.25) is 0 Å². The van der Waals surface area contributed by atoms with Gasteiger partial charge in [0.25, 0.3) is 0 Å². The van der Waals surface area contributed by atoms with Crippen LogP contribution < -0.4 is 0 Å². The lowest BCUT2D eigenvalue weighted by molar-refractivity contribution is -0.214. The van der Waals surface area contributed by atoms with E-state index in [-0.39, 0.29) is 0 Å². The van der Waals surface area contributed by atoms with Gasteiger partial charge in [-0.05, 0) is 0 Å². The van der Waals surface area contributed by atoms with E-state index >= 15 is 0 Å². The summed E-state index contributed by atoms with van der Waals surface area (Å²) in [5.74, 6) is -1.08. The Hall–Kier alpha value is 1.24. The van der Waals surface area contributed by atoms with Crippen molar-refractivity contribution in [2.75, 3.05) is 13.2 Å². The summed E-state index contributed by atoms with van der Waals surface area (Å²) < 4.78 is 11.6. The normalized spacial score (nSPS) is 13.0. The summed E-state index contributed by atoms with van der Waals surface area (Å²) in [6.45, 7) is 0.604. The Morgan fingerprint density at radius 2 is 0.880 bits per heavy atom. The van der Waals surface area contributed by atoms with Crippen molar-refractivity contribution >= 4 is 95.6 Å². The Balaban J connectivity index is 2.52. The molecule has 0 fully saturated rings. The van der Waals surface area contributed by atoms with Crippen molar-refractivity contribution < 1.29 is 9.47 Å². The Labute approximate surface area is 198 Å². The lowest BCUT2D eigenvalue weighted by atomic mass is 9.97. The van der Waals surface area contributed by atoms with Crippen molar-refractivity contribution in [2.45, 2.75) is 10.1 Å². The Morgan fingerprint density at radius 1 is 0.560 bits per heavy atom. The summed E-state index contributed by atoms with van der Waals surface area (Å²) in [7, 11) is 0. The fraction of sp³-hybridized carbons (Fsp3) is 0.294. The van der Waals surface area contributed by atoms with Gasteiger partial charge in [0.1, 0.15) is 0 Å². The number of rotatable bonds is 6.